The van der Waals surface area contributed by atoms with Crippen LogP contribution in [0.2, 0.25) is 5.02 Å². The van der Waals surface area contributed by atoms with Crippen molar-refractivity contribution in [2.75, 3.05) is 13.7 Å². The summed E-state index contributed by atoms with van der Waals surface area (Å²) in [6.07, 6.45) is 2.67. The van der Waals surface area contributed by atoms with Gasteiger partial charge in [-0.1, -0.05) is 23.7 Å². The van der Waals surface area contributed by atoms with E-state index in [4.69, 9.17) is 16.3 Å². The Morgan fingerprint density at radius 1 is 1.17 bits per heavy atom. The fourth-order valence-corrected chi connectivity index (χ4v) is 6.11. The molecule has 1 aliphatic carbocycles. The maximum Gasteiger partial charge on any atom is 0.310 e. The zero-order valence-electron chi connectivity index (χ0n) is 21.0. The van der Waals surface area contributed by atoms with E-state index in [1.54, 1.807) is 22.4 Å². The first-order valence-corrected chi connectivity index (χ1v) is 13.5. The van der Waals surface area contributed by atoms with Crippen LogP contribution in [0.1, 0.15) is 56.9 Å². The quantitative estimate of drug-likeness (QED) is 0.547. The summed E-state index contributed by atoms with van der Waals surface area (Å²) in [7, 11) is 1.39. The van der Waals surface area contributed by atoms with Gasteiger partial charge in [-0.05, 0) is 58.6 Å². The van der Waals surface area contributed by atoms with Crippen LogP contribution in [0.3, 0.4) is 0 Å². The summed E-state index contributed by atoms with van der Waals surface area (Å²) in [5, 5.41) is 9.45. The lowest BCUT2D eigenvalue weighted by Gasteiger charge is -2.41. The van der Waals surface area contributed by atoms with Crippen molar-refractivity contribution in [1.82, 2.24) is 20.5 Å². The van der Waals surface area contributed by atoms with Crippen LogP contribution in [0.5, 0.6) is 0 Å². The summed E-state index contributed by atoms with van der Waals surface area (Å²) in [5.74, 6) is -1.23. The number of thiazole rings is 1. The summed E-state index contributed by atoms with van der Waals surface area (Å²) in [4.78, 5) is 45.1. The first-order chi connectivity index (χ1) is 17.1. The second-order valence-electron chi connectivity index (χ2n) is 10.5. The number of amides is 2. The Morgan fingerprint density at radius 2 is 1.89 bits per heavy atom. The van der Waals surface area contributed by atoms with Gasteiger partial charge in [0.15, 0.2) is 0 Å². The fraction of sp³-hybridized carbons (Fsp3) is 0.538. The number of ether oxygens (including phenoxy) is 1. The highest BCUT2D eigenvalue weighted by molar-refractivity contribution is 7.13. The Balaban J connectivity index is 1.40. The largest absolute Gasteiger partial charge is 0.469 e. The van der Waals surface area contributed by atoms with E-state index in [-0.39, 0.29) is 41.1 Å². The van der Waals surface area contributed by atoms with Crippen molar-refractivity contribution in [2.24, 2.45) is 5.92 Å². The van der Waals surface area contributed by atoms with Gasteiger partial charge in [-0.2, -0.15) is 0 Å². The van der Waals surface area contributed by atoms with E-state index >= 15 is 0 Å². The summed E-state index contributed by atoms with van der Waals surface area (Å²) >= 11 is 7.31. The van der Waals surface area contributed by atoms with Crippen molar-refractivity contribution in [1.29, 1.82) is 0 Å². The predicted molar refractivity (Wildman–Crippen MR) is 140 cm³/mol. The van der Waals surface area contributed by atoms with Crippen LogP contribution in [0.15, 0.2) is 29.6 Å². The minimum absolute atomic E-state index is 0.0693. The molecule has 1 aromatic carbocycles. The second kappa shape index (κ2) is 10.9. The molecule has 1 saturated carbocycles. The number of benzene rings is 1. The van der Waals surface area contributed by atoms with Gasteiger partial charge in [0.05, 0.1) is 13.0 Å². The third-order valence-corrected chi connectivity index (χ3v) is 7.87. The third kappa shape index (κ3) is 6.07. The van der Waals surface area contributed by atoms with Gasteiger partial charge in [-0.25, -0.2) is 4.98 Å². The Bertz CT molecular complexity index is 1110. The van der Waals surface area contributed by atoms with Crippen molar-refractivity contribution in [2.45, 2.75) is 70.1 Å². The maximum absolute atomic E-state index is 13.3. The molecular weight excluding hydrogens is 500 g/mol. The third-order valence-electron chi connectivity index (χ3n) is 6.73. The standard InChI is InChI=1S/C26H33ClN4O4S/c1-26(2,3)30-17-9-10-21(18(13-17)25(34)35-4)31-12-11-19(24(31)33)28-22(32)20-14-36-23(29-20)15-5-7-16(27)8-6-15/h5-8,14,17-19,21,30H,9-13H2,1-4H3,(H,28,32)/t17?,18?,19-,21?/m0/s1. The highest BCUT2D eigenvalue weighted by atomic mass is 35.5. The minimum atomic E-state index is -0.637. The van der Waals surface area contributed by atoms with Crippen molar-refractivity contribution >= 4 is 40.7 Å². The normalized spacial score (nSPS) is 24.6. The molecule has 2 aliphatic rings. The molecular formula is C26H33ClN4O4S. The van der Waals surface area contributed by atoms with E-state index < -0.39 is 12.0 Å². The van der Waals surface area contributed by atoms with E-state index in [1.807, 2.05) is 12.1 Å². The van der Waals surface area contributed by atoms with Gasteiger partial charge in [-0.3, -0.25) is 14.4 Å². The number of rotatable bonds is 6. The topological polar surface area (TPSA) is 101 Å². The first-order valence-electron chi connectivity index (χ1n) is 12.2. The van der Waals surface area contributed by atoms with E-state index in [1.165, 1.54) is 18.4 Å². The van der Waals surface area contributed by atoms with Crippen molar-refractivity contribution in [3.05, 3.63) is 40.4 Å². The molecule has 1 aromatic heterocycles. The van der Waals surface area contributed by atoms with Gasteiger partial charge < -0.3 is 20.3 Å². The minimum Gasteiger partial charge on any atom is -0.469 e. The SMILES string of the molecule is COC(=O)C1CC(NC(C)(C)C)CCC1N1CC[C@H](NC(=O)c2csc(-c3ccc(Cl)cc3)n2)C1=O. The summed E-state index contributed by atoms with van der Waals surface area (Å²) < 4.78 is 5.10. The number of nitrogens with one attached hydrogen (secondary N) is 2. The number of carbonyl (C=O) groups is 3. The lowest BCUT2D eigenvalue weighted by Crippen LogP contribution is -2.55. The molecule has 2 fully saturated rings. The molecule has 0 bridgehead atoms. The highest BCUT2D eigenvalue weighted by Crippen LogP contribution is 2.33. The molecule has 2 amide bonds. The number of halogens is 1. The zero-order chi connectivity index (χ0) is 26.0. The van der Waals surface area contributed by atoms with Gasteiger partial charge in [0.2, 0.25) is 5.91 Å². The number of aromatic nitrogens is 1. The molecule has 36 heavy (non-hydrogen) atoms. The van der Waals surface area contributed by atoms with Crippen molar-refractivity contribution in [3.8, 4) is 10.6 Å². The van der Waals surface area contributed by atoms with Gasteiger partial charge in [0, 0.05) is 40.1 Å². The molecule has 2 aromatic rings. The Hall–Kier alpha value is -2.49. The monoisotopic (exact) mass is 532 g/mol. The predicted octanol–water partition coefficient (Wildman–Crippen LogP) is 3.89. The second-order valence-corrected chi connectivity index (χ2v) is 11.8. The van der Waals surface area contributed by atoms with Crippen LogP contribution in [0, 0.1) is 5.92 Å². The van der Waals surface area contributed by atoms with Crippen molar-refractivity contribution in [3.63, 3.8) is 0 Å². The highest BCUT2D eigenvalue weighted by Gasteiger charge is 2.45. The average Bonchev–Trinajstić information content (AvgIpc) is 3.46. The van der Waals surface area contributed by atoms with Crippen LogP contribution in [-0.2, 0) is 14.3 Å². The zero-order valence-corrected chi connectivity index (χ0v) is 22.6. The average molecular weight is 533 g/mol. The molecule has 2 heterocycles. The van der Waals surface area contributed by atoms with E-state index in [9.17, 15) is 14.4 Å². The molecule has 3 unspecified atom stereocenters. The van der Waals surface area contributed by atoms with Crippen LogP contribution in [0.4, 0.5) is 0 Å². The molecule has 4 rings (SSSR count). The van der Waals surface area contributed by atoms with E-state index in [0.717, 1.165) is 12.0 Å². The molecule has 1 saturated heterocycles. The molecule has 2 N–H and O–H groups in total. The van der Waals surface area contributed by atoms with Crippen LogP contribution in [-0.4, -0.2) is 65.0 Å². The molecule has 0 spiro atoms. The number of carbonyl (C=O) groups excluding carboxylic acids is 3. The van der Waals surface area contributed by atoms with Crippen LogP contribution < -0.4 is 10.6 Å². The molecule has 10 heteroatoms. The molecule has 0 radical (unpaired) electrons. The molecule has 8 nitrogen and oxygen atoms in total. The van der Waals surface area contributed by atoms with E-state index in [2.05, 4.69) is 36.4 Å². The Kier molecular flexibility index (Phi) is 8.02. The van der Waals surface area contributed by atoms with Gasteiger partial charge >= 0.3 is 5.97 Å². The smallest absolute Gasteiger partial charge is 0.310 e. The van der Waals surface area contributed by atoms with Gasteiger partial charge in [0.1, 0.15) is 16.7 Å². The molecule has 194 valence electrons. The van der Waals surface area contributed by atoms with Crippen molar-refractivity contribution < 1.29 is 19.1 Å². The van der Waals surface area contributed by atoms with E-state index in [0.29, 0.717) is 35.8 Å². The fourth-order valence-electron chi connectivity index (χ4n) is 5.18. The van der Waals surface area contributed by atoms with Gasteiger partial charge in [0.25, 0.3) is 5.91 Å². The van der Waals surface area contributed by atoms with Crippen LogP contribution in [0.25, 0.3) is 10.6 Å². The lowest BCUT2D eigenvalue weighted by molar-refractivity contribution is -0.151. The Labute approximate surface area is 220 Å². The molecule has 1 aliphatic heterocycles. The number of hydrogen-bond donors (Lipinski definition) is 2. The number of methoxy groups -OCH3 is 1. The first kappa shape index (κ1) is 26.6. The lowest BCUT2D eigenvalue weighted by atomic mass is 9.80. The number of nitrogens with zero attached hydrogens (tertiary/aromatic N) is 2. The number of hydrogen-bond acceptors (Lipinski definition) is 7. The van der Waals surface area contributed by atoms with Gasteiger partial charge in [-0.15, -0.1) is 11.3 Å². The molecule has 4 atom stereocenters. The number of likely N-dealkylation sites (tertiary alicyclic amines) is 1. The maximum atomic E-state index is 13.3. The number of esters is 1. The summed E-state index contributed by atoms with van der Waals surface area (Å²) in [6.45, 7) is 6.80. The van der Waals surface area contributed by atoms with Crippen LogP contribution >= 0.6 is 22.9 Å². The summed E-state index contributed by atoms with van der Waals surface area (Å²) in [6, 6.07) is 6.56. The Morgan fingerprint density at radius 3 is 2.56 bits per heavy atom. The summed E-state index contributed by atoms with van der Waals surface area (Å²) in [5.41, 5.74) is 1.08.